The monoisotopic (exact) mass is 297 g/mol. The lowest BCUT2D eigenvalue weighted by Gasteiger charge is -2.14. The van der Waals surface area contributed by atoms with E-state index in [-0.39, 0.29) is 11.8 Å². The molecule has 1 aromatic rings. The van der Waals surface area contributed by atoms with E-state index in [0.717, 1.165) is 49.3 Å². The molecular weight excluding hydrogens is 278 g/mol. The molecule has 1 saturated heterocycles. The molecule has 5 heteroatoms. The van der Waals surface area contributed by atoms with Gasteiger partial charge < -0.3 is 5.32 Å². The number of amides is 2. The highest BCUT2D eigenvalue weighted by Crippen LogP contribution is 2.24. The number of hydrogen-bond acceptors (Lipinski definition) is 3. The number of hydrogen-bond donors (Lipinski definition) is 1. The Balaban J connectivity index is 1.80. The molecule has 22 heavy (non-hydrogen) atoms. The Hall–Kier alpha value is -2.43. The first kappa shape index (κ1) is 14.5. The topological polar surface area (TPSA) is 61.8 Å². The van der Waals surface area contributed by atoms with Crippen molar-refractivity contribution in [2.24, 2.45) is 4.99 Å². The molecule has 1 N–H and O–H groups in total. The highest BCUT2D eigenvalue weighted by molar-refractivity contribution is 6.14. The zero-order valence-electron chi connectivity index (χ0n) is 12.6. The molecule has 0 atom stereocenters. The van der Waals surface area contributed by atoms with E-state index in [1.807, 2.05) is 35.2 Å². The molecule has 0 spiro atoms. The number of amidine groups is 1. The van der Waals surface area contributed by atoms with Crippen molar-refractivity contribution in [2.75, 3.05) is 11.9 Å². The number of rotatable bonds is 2. The summed E-state index contributed by atoms with van der Waals surface area (Å²) in [7, 11) is 0. The molecule has 0 aliphatic carbocycles. The zero-order valence-corrected chi connectivity index (χ0v) is 12.6. The lowest BCUT2D eigenvalue weighted by atomic mass is 10.1. The summed E-state index contributed by atoms with van der Waals surface area (Å²) < 4.78 is 0. The van der Waals surface area contributed by atoms with Crippen LogP contribution < -0.4 is 5.32 Å². The predicted octanol–water partition coefficient (Wildman–Crippen LogP) is 2.80. The smallest absolute Gasteiger partial charge is 0.277 e. The van der Waals surface area contributed by atoms with Crippen LogP contribution >= 0.6 is 0 Å². The van der Waals surface area contributed by atoms with Gasteiger partial charge in [-0.3, -0.25) is 14.5 Å². The van der Waals surface area contributed by atoms with Crippen LogP contribution in [0.15, 0.2) is 35.0 Å². The highest BCUT2D eigenvalue weighted by Gasteiger charge is 2.30. The van der Waals surface area contributed by atoms with Crippen LogP contribution in [0.2, 0.25) is 0 Å². The number of nitrogens with one attached hydrogen (secondary N) is 1. The number of fused-ring (bicyclic) bond motifs is 1. The molecule has 114 valence electrons. The Morgan fingerprint density at radius 2 is 2.00 bits per heavy atom. The van der Waals surface area contributed by atoms with Gasteiger partial charge in [-0.1, -0.05) is 18.6 Å². The first-order chi connectivity index (χ1) is 10.6. The molecule has 5 nitrogen and oxygen atoms in total. The standard InChI is InChI=1S/C17H19N3O2/c1-12(21)18-14-8-6-13(7-9-14)11-15-17(22)20-10-4-2-3-5-16(20)19-15/h6-9,11H,2-5,10H2,1H3,(H,18,21)/b15-11-. The van der Waals surface area contributed by atoms with Gasteiger partial charge in [-0.2, -0.15) is 0 Å². The van der Waals surface area contributed by atoms with Crippen LogP contribution in [0.25, 0.3) is 6.08 Å². The van der Waals surface area contributed by atoms with Crippen molar-refractivity contribution in [3.8, 4) is 0 Å². The van der Waals surface area contributed by atoms with Crippen LogP contribution in [0, 0.1) is 0 Å². The van der Waals surface area contributed by atoms with Gasteiger partial charge in [0, 0.05) is 25.6 Å². The maximum Gasteiger partial charge on any atom is 0.277 e. The summed E-state index contributed by atoms with van der Waals surface area (Å²) in [5.74, 6) is 0.808. The van der Waals surface area contributed by atoms with Crippen LogP contribution in [-0.4, -0.2) is 29.1 Å². The zero-order chi connectivity index (χ0) is 15.5. The van der Waals surface area contributed by atoms with Crippen molar-refractivity contribution in [3.05, 3.63) is 35.5 Å². The maximum absolute atomic E-state index is 12.4. The number of carbonyl (C=O) groups excluding carboxylic acids is 2. The summed E-state index contributed by atoms with van der Waals surface area (Å²) in [6.07, 6.45) is 5.99. The summed E-state index contributed by atoms with van der Waals surface area (Å²) in [5.41, 5.74) is 2.15. The molecule has 1 fully saturated rings. The van der Waals surface area contributed by atoms with Crippen molar-refractivity contribution in [1.29, 1.82) is 0 Å². The molecule has 2 amide bonds. The van der Waals surface area contributed by atoms with Gasteiger partial charge in [0.2, 0.25) is 5.91 Å². The molecular formula is C17H19N3O2. The number of anilines is 1. The normalized spacial score (nSPS) is 19.7. The van der Waals surface area contributed by atoms with E-state index < -0.39 is 0 Å². The van der Waals surface area contributed by atoms with Crippen molar-refractivity contribution < 1.29 is 9.59 Å². The van der Waals surface area contributed by atoms with Gasteiger partial charge in [-0.15, -0.1) is 0 Å². The second-order valence-electron chi connectivity index (χ2n) is 5.63. The first-order valence-corrected chi connectivity index (χ1v) is 7.62. The molecule has 0 bridgehead atoms. The van der Waals surface area contributed by atoms with Crippen LogP contribution in [0.4, 0.5) is 5.69 Å². The second kappa shape index (κ2) is 6.13. The molecule has 2 heterocycles. The Morgan fingerprint density at radius 1 is 1.23 bits per heavy atom. The molecule has 0 unspecified atom stereocenters. The molecule has 0 saturated carbocycles. The van der Waals surface area contributed by atoms with E-state index in [4.69, 9.17) is 0 Å². The fraction of sp³-hybridized carbons (Fsp3) is 0.353. The summed E-state index contributed by atoms with van der Waals surface area (Å²) in [6.45, 7) is 2.25. The van der Waals surface area contributed by atoms with Crippen LogP contribution in [-0.2, 0) is 9.59 Å². The van der Waals surface area contributed by atoms with Gasteiger partial charge in [0.05, 0.1) is 0 Å². The van der Waals surface area contributed by atoms with Crippen LogP contribution in [0.3, 0.4) is 0 Å². The molecule has 0 aromatic heterocycles. The van der Waals surface area contributed by atoms with Gasteiger partial charge in [-0.05, 0) is 36.6 Å². The van der Waals surface area contributed by atoms with Gasteiger partial charge in [0.1, 0.15) is 11.5 Å². The van der Waals surface area contributed by atoms with Gasteiger partial charge in [0.15, 0.2) is 0 Å². The predicted molar refractivity (Wildman–Crippen MR) is 86.3 cm³/mol. The number of aliphatic imine (C=N–C) groups is 1. The Kier molecular flexibility index (Phi) is 4.04. The average Bonchev–Trinajstić information content (AvgIpc) is 2.66. The van der Waals surface area contributed by atoms with Crippen molar-refractivity contribution >= 4 is 29.4 Å². The minimum atomic E-state index is -0.101. The van der Waals surface area contributed by atoms with Crippen molar-refractivity contribution in [1.82, 2.24) is 4.90 Å². The summed E-state index contributed by atoms with van der Waals surface area (Å²) >= 11 is 0. The second-order valence-corrected chi connectivity index (χ2v) is 5.63. The summed E-state index contributed by atoms with van der Waals surface area (Å²) in [5, 5.41) is 2.72. The number of benzene rings is 1. The third-order valence-electron chi connectivity index (χ3n) is 3.84. The highest BCUT2D eigenvalue weighted by atomic mass is 16.2. The van der Waals surface area contributed by atoms with Crippen molar-refractivity contribution in [2.45, 2.75) is 32.6 Å². The van der Waals surface area contributed by atoms with Crippen LogP contribution in [0.5, 0.6) is 0 Å². The van der Waals surface area contributed by atoms with E-state index in [2.05, 4.69) is 10.3 Å². The number of nitrogens with zero attached hydrogens (tertiary/aromatic N) is 2. The number of carbonyl (C=O) groups is 2. The molecule has 3 rings (SSSR count). The van der Waals surface area contributed by atoms with Gasteiger partial charge in [-0.25, -0.2) is 4.99 Å². The molecule has 2 aliphatic rings. The quantitative estimate of drug-likeness (QED) is 0.853. The summed E-state index contributed by atoms with van der Waals surface area (Å²) in [4.78, 5) is 29.7. The minimum absolute atomic E-state index is 0.00263. The van der Waals surface area contributed by atoms with E-state index in [9.17, 15) is 9.59 Å². The van der Waals surface area contributed by atoms with E-state index in [1.165, 1.54) is 6.92 Å². The lowest BCUT2D eigenvalue weighted by molar-refractivity contribution is -0.122. The van der Waals surface area contributed by atoms with Gasteiger partial charge in [0.25, 0.3) is 5.91 Å². The Morgan fingerprint density at radius 3 is 2.73 bits per heavy atom. The molecule has 1 aromatic carbocycles. The van der Waals surface area contributed by atoms with Crippen LogP contribution in [0.1, 0.15) is 38.2 Å². The first-order valence-electron chi connectivity index (χ1n) is 7.62. The summed E-state index contributed by atoms with van der Waals surface area (Å²) in [6, 6.07) is 7.38. The van der Waals surface area contributed by atoms with Crippen molar-refractivity contribution in [3.63, 3.8) is 0 Å². The Labute approximate surface area is 129 Å². The van der Waals surface area contributed by atoms with Gasteiger partial charge >= 0.3 is 0 Å². The molecule has 0 radical (unpaired) electrons. The van der Waals surface area contributed by atoms with E-state index >= 15 is 0 Å². The third-order valence-corrected chi connectivity index (χ3v) is 3.84. The third kappa shape index (κ3) is 3.08. The lowest BCUT2D eigenvalue weighted by Crippen LogP contribution is -2.31. The fourth-order valence-corrected chi connectivity index (χ4v) is 2.77. The maximum atomic E-state index is 12.4. The average molecular weight is 297 g/mol. The molecule has 2 aliphatic heterocycles. The minimum Gasteiger partial charge on any atom is -0.326 e. The van der Waals surface area contributed by atoms with E-state index in [1.54, 1.807) is 0 Å². The fourth-order valence-electron chi connectivity index (χ4n) is 2.77. The van der Waals surface area contributed by atoms with E-state index in [0.29, 0.717) is 5.70 Å². The largest absolute Gasteiger partial charge is 0.326 e. The SMILES string of the molecule is CC(=O)Nc1ccc(/C=C2\N=C3CCCCCN3C2=O)cc1. The Bertz CT molecular complexity index is 659.